The van der Waals surface area contributed by atoms with E-state index in [4.69, 9.17) is 0 Å². The Morgan fingerprint density at radius 2 is 1.67 bits per heavy atom. The van der Waals surface area contributed by atoms with Gasteiger partial charge in [-0.15, -0.1) is 0 Å². The lowest BCUT2D eigenvalue weighted by molar-refractivity contribution is -0.137. The molecule has 1 radical (unpaired) electrons. The lowest BCUT2D eigenvalue weighted by Crippen LogP contribution is -2.08. The molecule has 91 valence electrons. The van der Waals surface area contributed by atoms with Crippen LogP contribution in [0.3, 0.4) is 0 Å². The summed E-state index contributed by atoms with van der Waals surface area (Å²) in [5, 5.41) is 0. The van der Waals surface area contributed by atoms with E-state index in [1.165, 1.54) is 24.3 Å². The fraction of sp³-hybridized carbons (Fsp3) is 0.0714. The Labute approximate surface area is 102 Å². The highest BCUT2D eigenvalue weighted by Crippen LogP contribution is 2.29. The number of ketones is 1. The molecular weight excluding hydrogens is 241 g/mol. The Morgan fingerprint density at radius 1 is 1.00 bits per heavy atom. The standard InChI is InChI=1S/C14H8F3O/c15-14(16,17)12-8-4-7-11(9-12)13(18)10-5-2-1-3-6-10/h2-9H. The van der Waals surface area contributed by atoms with Gasteiger partial charge in [0.15, 0.2) is 5.78 Å². The van der Waals surface area contributed by atoms with Gasteiger partial charge in [0.05, 0.1) is 5.56 Å². The molecule has 0 saturated carbocycles. The summed E-state index contributed by atoms with van der Waals surface area (Å²) in [5.41, 5.74) is -0.458. The fourth-order valence-electron chi connectivity index (χ4n) is 1.54. The molecule has 0 N–H and O–H groups in total. The molecule has 0 aliphatic heterocycles. The second-order valence-corrected chi connectivity index (χ2v) is 3.70. The summed E-state index contributed by atoms with van der Waals surface area (Å²) in [7, 11) is 0. The maximum Gasteiger partial charge on any atom is 0.416 e. The van der Waals surface area contributed by atoms with Crippen molar-refractivity contribution in [2.24, 2.45) is 0 Å². The SMILES string of the molecule is O=C(c1cc[c]cc1)c1cccc(C(F)(F)F)c1. The first-order chi connectivity index (χ1) is 8.48. The zero-order valence-corrected chi connectivity index (χ0v) is 9.16. The molecule has 0 bridgehead atoms. The maximum absolute atomic E-state index is 12.5. The lowest BCUT2D eigenvalue weighted by atomic mass is 10.0. The van der Waals surface area contributed by atoms with E-state index in [1.807, 2.05) is 0 Å². The number of carbonyl (C=O) groups excluding carboxylic acids is 1. The molecule has 2 aromatic carbocycles. The molecule has 0 aliphatic rings. The van der Waals surface area contributed by atoms with Gasteiger partial charge in [0, 0.05) is 11.1 Å². The Morgan fingerprint density at radius 3 is 2.28 bits per heavy atom. The molecule has 0 atom stereocenters. The van der Waals surface area contributed by atoms with Crippen molar-refractivity contribution in [1.29, 1.82) is 0 Å². The minimum absolute atomic E-state index is 0.0241. The topological polar surface area (TPSA) is 17.1 Å². The highest BCUT2D eigenvalue weighted by Gasteiger charge is 2.30. The zero-order valence-electron chi connectivity index (χ0n) is 9.16. The third kappa shape index (κ3) is 2.59. The first-order valence-electron chi connectivity index (χ1n) is 5.16. The molecule has 2 rings (SSSR count). The predicted octanol–water partition coefficient (Wildman–Crippen LogP) is 3.74. The number of benzene rings is 2. The monoisotopic (exact) mass is 249 g/mol. The summed E-state index contributed by atoms with van der Waals surface area (Å²) >= 11 is 0. The Kier molecular flexibility index (Phi) is 3.19. The molecule has 0 fully saturated rings. The predicted molar refractivity (Wildman–Crippen MR) is 60.2 cm³/mol. The number of halogens is 3. The van der Waals surface area contributed by atoms with Crippen molar-refractivity contribution < 1.29 is 18.0 Å². The number of carbonyl (C=O) groups is 1. The van der Waals surface area contributed by atoms with Crippen molar-refractivity contribution in [3.63, 3.8) is 0 Å². The molecule has 0 spiro atoms. The number of alkyl halides is 3. The van der Waals surface area contributed by atoms with Crippen LogP contribution < -0.4 is 0 Å². The molecule has 0 amide bonds. The minimum atomic E-state index is -4.44. The van der Waals surface area contributed by atoms with Crippen LogP contribution in [0.2, 0.25) is 0 Å². The van der Waals surface area contributed by atoms with Gasteiger partial charge < -0.3 is 0 Å². The van der Waals surface area contributed by atoms with E-state index in [1.54, 1.807) is 12.1 Å². The summed E-state index contributed by atoms with van der Waals surface area (Å²) in [5.74, 6) is -0.435. The molecule has 0 heterocycles. The molecule has 0 aliphatic carbocycles. The van der Waals surface area contributed by atoms with Gasteiger partial charge in [0.2, 0.25) is 0 Å². The first-order valence-corrected chi connectivity index (χ1v) is 5.16. The normalized spacial score (nSPS) is 11.3. The van der Waals surface area contributed by atoms with Crippen LogP contribution in [-0.2, 0) is 6.18 Å². The third-order valence-corrected chi connectivity index (χ3v) is 2.43. The fourth-order valence-corrected chi connectivity index (χ4v) is 1.54. The molecular formula is C14H8F3O. The summed E-state index contributed by atoms with van der Waals surface area (Å²) in [6, 6.07) is 13.3. The van der Waals surface area contributed by atoms with Gasteiger partial charge in [0.1, 0.15) is 0 Å². The van der Waals surface area contributed by atoms with Crippen LogP contribution in [0.5, 0.6) is 0 Å². The Bertz CT molecular complexity index is 559. The van der Waals surface area contributed by atoms with E-state index in [0.717, 1.165) is 12.1 Å². The number of hydrogen-bond donors (Lipinski definition) is 0. The van der Waals surface area contributed by atoms with Crippen molar-refractivity contribution in [1.82, 2.24) is 0 Å². The quantitative estimate of drug-likeness (QED) is 0.741. The van der Waals surface area contributed by atoms with Crippen LogP contribution in [0.25, 0.3) is 0 Å². The first kappa shape index (κ1) is 12.4. The van der Waals surface area contributed by atoms with Gasteiger partial charge in [-0.3, -0.25) is 4.79 Å². The van der Waals surface area contributed by atoms with Crippen LogP contribution >= 0.6 is 0 Å². The highest BCUT2D eigenvalue weighted by molar-refractivity contribution is 6.09. The van der Waals surface area contributed by atoms with Gasteiger partial charge in [-0.2, -0.15) is 13.2 Å². The van der Waals surface area contributed by atoms with Crippen molar-refractivity contribution in [2.75, 3.05) is 0 Å². The second kappa shape index (κ2) is 4.64. The molecule has 4 heteroatoms. The maximum atomic E-state index is 12.5. The van der Waals surface area contributed by atoms with Crippen LogP contribution in [-0.4, -0.2) is 5.78 Å². The summed E-state index contributed by atoms with van der Waals surface area (Å²) < 4.78 is 37.6. The van der Waals surface area contributed by atoms with Crippen LogP contribution in [0, 0.1) is 6.07 Å². The second-order valence-electron chi connectivity index (χ2n) is 3.70. The van der Waals surface area contributed by atoms with Crippen molar-refractivity contribution in [3.05, 3.63) is 71.3 Å². The van der Waals surface area contributed by atoms with Crippen molar-refractivity contribution >= 4 is 5.78 Å². The van der Waals surface area contributed by atoms with Crippen molar-refractivity contribution in [2.45, 2.75) is 6.18 Å². The van der Waals surface area contributed by atoms with E-state index >= 15 is 0 Å². The van der Waals surface area contributed by atoms with E-state index in [0.29, 0.717) is 5.56 Å². The number of hydrogen-bond acceptors (Lipinski definition) is 1. The minimum Gasteiger partial charge on any atom is -0.289 e. The zero-order chi connectivity index (χ0) is 13.2. The Balaban J connectivity index is 2.38. The largest absolute Gasteiger partial charge is 0.416 e. The van der Waals surface area contributed by atoms with Crippen LogP contribution in [0.4, 0.5) is 13.2 Å². The van der Waals surface area contributed by atoms with Crippen molar-refractivity contribution in [3.8, 4) is 0 Å². The lowest BCUT2D eigenvalue weighted by Gasteiger charge is -2.08. The van der Waals surface area contributed by atoms with Gasteiger partial charge in [0.25, 0.3) is 0 Å². The summed E-state index contributed by atoms with van der Waals surface area (Å²) in [6.07, 6.45) is -4.44. The number of rotatable bonds is 2. The summed E-state index contributed by atoms with van der Waals surface area (Å²) in [4.78, 5) is 11.9. The van der Waals surface area contributed by atoms with Gasteiger partial charge in [-0.1, -0.05) is 36.4 Å². The van der Waals surface area contributed by atoms with E-state index in [-0.39, 0.29) is 5.56 Å². The van der Waals surface area contributed by atoms with E-state index < -0.39 is 17.5 Å². The summed E-state index contributed by atoms with van der Waals surface area (Å²) in [6.45, 7) is 0. The van der Waals surface area contributed by atoms with Crippen LogP contribution in [0.15, 0.2) is 48.5 Å². The van der Waals surface area contributed by atoms with E-state index in [9.17, 15) is 18.0 Å². The average Bonchev–Trinajstić information content (AvgIpc) is 2.38. The Hall–Kier alpha value is -2.10. The average molecular weight is 249 g/mol. The van der Waals surface area contributed by atoms with Gasteiger partial charge >= 0.3 is 6.18 Å². The van der Waals surface area contributed by atoms with Crippen LogP contribution in [0.1, 0.15) is 21.5 Å². The molecule has 18 heavy (non-hydrogen) atoms. The van der Waals surface area contributed by atoms with Gasteiger partial charge in [-0.05, 0) is 18.2 Å². The smallest absolute Gasteiger partial charge is 0.289 e. The highest BCUT2D eigenvalue weighted by atomic mass is 19.4. The van der Waals surface area contributed by atoms with E-state index in [2.05, 4.69) is 6.07 Å². The van der Waals surface area contributed by atoms with Gasteiger partial charge in [-0.25, -0.2) is 0 Å². The molecule has 0 aromatic heterocycles. The molecule has 0 unspecified atom stereocenters. The molecule has 2 aromatic rings. The third-order valence-electron chi connectivity index (χ3n) is 2.43. The molecule has 0 saturated heterocycles. The molecule has 1 nitrogen and oxygen atoms in total.